The molecule has 0 unspecified atom stereocenters. The quantitative estimate of drug-likeness (QED) is 0.239. The molecule has 1 heterocycles. The van der Waals surface area contributed by atoms with E-state index in [0.29, 0.717) is 18.0 Å². The molecule has 4 aromatic rings. The Bertz CT molecular complexity index is 1320. The van der Waals surface area contributed by atoms with Gasteiger partial charge in [-0.25, -0.2) is 0 Å². The number of aromatic nitrogens is 1. The van der Waals surface area contributed by atoms with Gasteiger partial charge in [0.2, 0.25) is 0 Å². The maximum atomic E-state index is 13.1. The van der Waals surface area contributed by atoms with Crippen molar-refractivity contribution in [3.63, 3.8) is 0 Å². The number of fused-ring (bicyclic) bond motifs is 1. The summed E-state index contributed by atoms with van der Waals surface area (Å²) in [5.74, 6) is 0.705. The lowest BCUT2D eigenvalue weighted by Crippen LogP contribution is -2.25. The Morgan fingerprint density at radius 1 is 0.838 bits per heavy atom. The highest BCUT2D eigenvalue weighted by Gasteiger charge is 2.16. The zero-order chi connectivity index (χ0) is 25.5. The Labute approximate surface area is 221 Å². The number of benzene rings is 3. The Morgan fingerprint density at radius 2 is 1.59 bits per heavy atom. The number of carbonyl (C=O) groups excluding carboxylic acids is 1. The summed E-state index contributed by atoms with van der Waals surface area (Å²) in [7, 11) is 0. The van der Waals surface area contributed by atoms with Crippen LogP contribution >= 0.6 is 0 Å². The lowest BCUT2D eigenvalue weighted by molar-refractivity contribution is 0.0954. The van der Waals surface area contributed by atoms with E-state index in [1.807, 2.05) is 13.0 Å². The number of amides is 1. The molecule has 3 aromatic carbocycles. The summed E-state index contributed by atoms with van der Waals surface area (Å²) in [4.78, 5) is 17.8. The second-order valence-electron chi connectivity index (χ2n) is 10.6. The van der Waals surface area contributed by atoms with Crippen LogP contribution in [-0.4, -0.2) is 17.4 Å². The van der Waals surface area contributed by atoms with E-state index in [0.717, 1.165) is 47.8 Å². The Morgan fingerprint density at radius 3 is 2.38 bits per heavy atom. The number of hydrogen-bond acceptors (Lipinski definition) is 2. The second-order valence-corrected chi connectivity index (χ2v) is 10.6. The van der Waals surface area contributed by atoms with Crippen molar-refractivity contribution in [3.8, 4) is 11.1 Å². The molecule has 1 aliphatic carbocycles. The van der Waals surface area contributed by atoms with E-state index in [4.69, 9.17) is 4.98 Å². The van der Waals surface area contributed by atoms with Gasteiger partial charge in [0.15, 0.2) is 0 Å². The highest BCUT2D eigenvalue weighted by molar-refractivity contribution is 6.06. The van der Waals surface area contributed by atoms with Gasteiger partial charge in [-0.2, -0.15) is 0 Å². The molecule has 1 fully saturated rings. The summed E-state index contributed by atoms with van der Waals surface area (Å²) in [6, 6.07) is 27.9. The van der Waals surface area contributed by atoms with Crippen LogP contribution in [0.25, 0.3) is 22.0 Å². The number of nitrogens with one attached hydrogen (secondary N) is 1. The van der Waals surface area contributed by atoms with Gasteiger partial charge in [-0.1, -0.05) is 92.4 Å². The van der Waals surface area contributed by atoms with Crippen LogP contribution in [0.15, 0.2) is 78.9 Å². The van der Waals surface area contributed by atoms with Crippen molar-refractivity contribution in [1.82, 2.24) is 10.3 Å². The summed E-state index contributed by atoms with van der Waals surface area (Å²) in [6.45, 7) is 2.66. The molecule has 1 aromatic heterocycles. The fourth-order valence-corrected chi connectivity index (χ4v) is 5.68. The van der Waals surface area contributed by atoms with Gasteiger partial charge in [0.1, 0.15) is 0 Å². The molecule has 3 heteroatoms. The molecule has 0 bridgehead atoms. The van der Waals surface area contributed by atoms with Crippen LogP contribution in [0.4, 0.5) is 0 Å². The zero-order valence-electron chi connectivity index (χ0n) is 22.0. The van der Waals surface area contributed by atoms with Gasteiger partial charge in [0.25, 0.3) is 5.91 Å². The lowest BCUT2D eigenvalue weighted by Gasteiger charge is -2.22. The van der Waals surface area contributed by atoms with Gasteiger partial charge in [-0.05, 0) is 79.3 Å². The van der Waals surface area contributed by atoms with Gasteiger partial charge >= 0.3 is 0 Å². The van der Waals surface area contributed by atoms with Crippen molar-refractivity contribution in [2.45, 2.75) is 70.6 Å². The highest BCUT2D eigenvalue weighted by Crippen LogP contribution is 2.34. The van der Waals surface area contributed by atoms with Gasteiger partial charge in [-0.3, -0.25) is 9.78 Å². The van der Waals surface area contributed by atoms with E-state index in [-0.39, 0.29) is 5.91 Å². The molecule has 1 amide bonds. The number of pyridine rings is 1. The van der Waals surface area contributed by atoms with E-state index >= 15 is 0 Å². The Hall–Kier alpha value is -3.46. The zero-order valence-corrected chi connectivity index (χ0v) is 22.0. The normalized spacial score (nSPS) is 14.1. The molecule has 1 N–H and O–H groups in total. The number of unbranched alkanes of at least 4 members (excludes halogenated alkanes) is 2. The average molecular weight is 491 g/mol. The van der Waals surface area contributed by atoms with Crippen LogP contribution in [0.5, 0.6) is 0 Å². The van der Waals surface area contributed by atoms with E-state index in [1.54, 1.807) is 0 Å². The third-order valence-corrected chi connectivity index (χ3v) is 7.77. The fraction of sp³-hybridized carbons (Fsp3) is 0.353. The first kappa shape index (κ1) is 25.2. The molecule has 0 spiro atoms. The summed E-state index contributed by atoms with van der Waals surface area (Å²) in [5.41, 5.74) is 7.65. The SMILES string of the molecule is Cc1cc(C(=O)NCCCCCc2ccccc2)c2ccc(-c3ccc(C4CCCCC4)cc3)cc2n1. The van der Waals surface area contributed by atoms with Crippen LogP contribution in [0, 0.1) is 6.92 Å². The summed E-state index contributed by atoms with van der Waals surface area (Å²) >= 11 is 0. The van der Waals surface area contributed by atoms with E-state index < -0.39 is 0 Å². The molecule has 5 rings (SSSR count). The van der Waals surface area contributed by atoms with Gasteiger partial charge in [0.05, 0.1) is 11.1 Å². The Kier molecular flexibility index (Phi) is 8.30. The molecule has 3 nitrogen and oxygen atoms in total. The van der Waals surface area contributed by atoms with Crippen molar-refractivity contribution in [1.29, 1.82) is 0 Å². The minimum Gasteiger partial charge on any atom is -0.352 e. The third kappa shape index (κ3) is 6.46. The molecule has 0 atom stereocenters. The van der Waals surface area contributed by atoms with Gasteiger partial charge in [0, 0.05) is 17.6 Å². The van der Waals surface area contributed by atoms with Crippen LogP contribution in [0.2, 0.25) is 0 Å². The molecule has 190 valence electrons. The highest BCUT2D eigenvalue weighted by atomic mass is 16.1. The molecule has 0 saturated heterocycles. The first-order chi connectivity index (χ1) is 18.2. The van der Waals surface area contributed by atoms with Crippen LogP contribution in [-0.2, 0) is 6.42 Å². The topological polar surface area (TPSA) is 42.0 Å². The number of hydrogen-bond donors (Lipinski definition) is 1. The molecule has 37 heavy (non-hydrogen) atoms. The Balaban J connectivity index is 1.22. The number of carbonyl (C=O) groups is 1. The molecular weight excluding hydrogens is 452 g/mol. The predicted molar refractivity (Wildman–Crippen MR) is 154 cm³/mol. The predicted octanol–water partition coefficient (Wildman–Crippen LogP) is 8.40. The fourth-order valence-electron chi connectivity index (χ4n) is 5.68. The van der Waals surface area contributed by atoms with Gasteiger partial charge < -0.3 is 5.32 Å². The van der Waals surface area contributed by atoms with Crippen LogP contribution < -0.4 is 5.32 Å². The monoisotopic (exact) mass is 490 g/mol. The minimum atomic E-state index is -0.0110. The largest absolute Gasteiger partial charge is 0.352 e. The van der Waals surface area contributed by atoms with Crippen molar-refractivity contribution in [2.24, 2.45) is 0 Å². The minimum absolute atomic E-state index is 0.0110. The molecule has 0 radical (unpaired) electrons. The number of rotatable bonds is 9. The van der Waals surface area contributed by atoms with E-state index in [2.05, 4.69) is 78.1 Å². The smallest absolute Gasteiger partial charge is 0.252 e. The van der Waals surface area contributed by atoms with Gasteiger partial charge in [-0.15, -0.1) is 0 Å². The second kappa shape index (κ2) is 12.2. The lowest BCUT2D eigenvalue weighted by atomic mass is 9.83. The number of nitrogens with zero attached hydrogens (tertiary/aromatic N) is 1. The van der Waals surface area contributed by atoms with Crippen molar-refractivity contribution in [2.75, 3.05) is 6.54 Å². The molecule has 1 saturated carbocycles. The van der Waals surface area contributed by atoms with Crippen molar-refractivity contribution < 1.29 is 4.79 Å². The molecular formula is C34H38N2O. The molecule has 1 aliphatic rings. The first-order valence-corrected chi connectivity index (χ1v) is 14.0. The van der Waals surface area contributed by atoms with Crippen molar-refractivity contribution >= 4 is 16.8 Å². The maximum Gasteiger partial charge on any atom is 0.252 e. The van der Waals surface area contributed by atoms with E-state index in [9.17, 15) is 4.79 Å². The summed E-state index contributed by atoms with van der Waals surface area (Å²) in [5, 5.41) is 4.05. The average Bonchev–Trinajstić information content (AvgIpc) is 2.95. The standard InChI is InChI=1S/C34H38N2O/c1-25-23-32(34(37)35-22-10-4-7-13-26-11-5-2-6-12-26)31-21-20-30(24-33(31)36-25)29-18-16-28(17-19-29)27-14-8-3-9-15-27/h2,5-6,11-12,16-21,23-24,27H,3-4,7-10,13-15,22H2,1H3,(H,35,37). The van der Waals surface area contributed by atoms with E-state index in [1.165, 1.54) is 48.8 Å². The number of aryl methyl sites for hydroxylation is 2. The molecule has 0 aliphatic heterocycles. The van der Waals surface area contributed by atoms with Crippen molar-refractivity contribution in [3.05, 3.63) is 101 Å². The maximum absolute atomic E-state index is 13.1. The van der Waals surface area contributed by atoms with Crippen LogP contribution in [0.3, 0.4) is 0 Å². The van der Waals surface area contributed by atoms with Crippen LogP contribution in [0.1, 0.15) is 84.5 Å². The first-order valence-electron chi connectivity index (χ1n) is 14.0. The summed E-state index contributed by atoms with van der Waals surface area (Å²) in [6.07, 6.45) is 11.0. The third-order valence-electron chi connectivity index (χ3n) is 7.77. The summed E-state index contributed by atoms with van der Waals surface area (Å²) < 4.78 is 0.